The maximum atomic E-state index is 12.5. The third-order valence-electron chi connectivity index (χ3n) is 4.05. The van der Waals surface area contributed by atoms with E-state index in [1.54, 1.807) is 36.2 Å². The number of amides is 1. The monoisotopic (exact) mass is 339 g/mol. The molecule has 1 amide bonds. The smallest absolute Gasteiger partial charge is 0.338 e. The van der Waals surface area contributed by atoms with Crippen LogP contribution in [0.3, 0.4) is 0 Å². The number of para-hydroxylation sites is 1. The minimum absolute atomic E-state index is 0.120. The summed E-state index contributed by atoms with van der Waals surface area (Å²) in [6, 6.07) is 16.0. The van der Waals surface area contributed by atoms with Crippen molar-refractivity contribution >= 4 is 17.6 Å². The highest BCUT2D eigenvalue weighted by atomic mass is 16.5. The van der Waals surface area contributed by atoms with Gasteiger partial charge in [-0.25, -0.2) is 4.79 Å². The second-order valence-corrected chi connectivity index (χ2v) is 5.97. The van der Waals surface area contributed by atoms with Crippen molar-refractivity contribution in [1.82, 2.24) is 0 Å². The summed E-state index contributed by atoms with van der Waals surface area (Å²) in [5.74, 6) is -0.461. The standard InChI is InChI=1S/C21H25NO3/c1-3-4-5-9-16-25-21(24)18-14-12-17(13-15-18)20(23)22(2)19-10-7-6-8-11-19/h6-8,10-15H,3-5,9,16H2,1-2H3. The van der Waals surface area contributed by atoms with Gasteiger partial charge in [0, 0.05) is 18.3 Å². The van der Waals surface area contributed by atoms with E-state index in [0.29, 0.717) is 17.7 Å². The van der Waals surface area contributed by atoms with Gasteiger partial charge in [-0.1, -0.05) is 44.4 Å². The van der Waals surface area contributed by atoms with Crippen LogP contribution in [0.4, 0.5) is 5.69 Å². The summed E-state index contributed by atoms with van der Waals surface area (Å²) in [7, 11) is 1.73. The van der Waals surface area contributed by atoms with Gasteiger partial charge in [-0.3, -0.25) is 4.79 Å². The Morgan fingerprint density at radius 2 is 1.52 bits per heavy atom. The lowest BCUT2D eigenvalue weighted by molar-refractivity contribution is 0.0497. The Bertz CT molecular complexity index is 680. The molecule has 132 valence electrons. The minimum atomic E-state index is -0.341. The van der Waals surface area contributed by atoms with E-state index in [0.717, 1.165) is 31.4 Å². The van der Waals surface area contributed by atoms with Crippen molar-refractivity contribution in [3.05, 3.63) is 65.7 Å². The zero-order valence-corrected chi connectivity index (χ0v) is 14.9. The number of hydrogen-bond donors (Lipinski definition) is 0. The number of esters is 1. The van der Waals surface area contributed by atoms with Crippen molar-refractivity contribution in [2.24, 2.45) is 0 Å². The molecule has 0 unspecified atom stereocenters. The first-order valence-electron chi connectivity index (χ1n) is 8.73. The molecule has 0 bridgehead atoms. The van der Waals surface area contributed by atoms with Gasteiger partial charge in [-0.2, -0.15) is 0 Å². The van der Waals surface area contributed by atoms with Crippen LogP contribution in [-0.4, -0.2) is 25.5 Å². The molecule has 25 heavy (non-hydrogen) atoms. The SMILES string of the molecule is CCCCCCOC(=O)c1ccc(C(=O)N(C)c2ccccc2)cc1. The summed E-state index contributed by atoms with van der Waals surface area (Å²) in [6.07, 6.45) is 4.27. The zero-order valence-electron chi connectivity index (χ0n) is 14.9. The highest BCUT2D eigenvalue weighted by Gasteiger charge is 2.14. The maximum absolute atomic E-state index is 12.5. The Balaban J connectivity index is 1.92. The van der Waals surface area contributed by atoms with Crippen LogP contribution < -0.4 is 4.90 Å². The first-order chi connectivity index (χ1) is 12.1. The number of hydrogen-bond acceptors (Lipinski definition) is 3. The van der Waals surface area contributed by atoms with E-state index in [2.05, 4.69) is 6.92 Å². The fraction of sp³-hybridized carbons (Fsp3) is 0.333. The summed E-state index contributed by atoms with van der Waals surface area (Å²) < 4.78 is 5.26. The van der Waals surface area contributed by atoms with Crippen LogP contribution in [0.2, 0.25) is 0 Å². The van der Waals surface area contributed by atoms with Gasteiger partial charge < -0.3 is 9.64 Å². The number of ether oxygens (including phenoxy) is 1. The van der Waals surface area contributed by atoms with Gasteiger partial charge in [0.1, 0.15) is 0 Å². The summed E-state index contributed by atoms with van der Waals surface area (Å²) in [4.78, 5) is 26.1. The van der Waals surface area contributed by atoms with Gasteiger partial charge in [-0.05, 0) is 42.8 Å². The third-order valence-corrected chi connectivity index (χ3v) is 4.05. The molecule has 0 aromatic heterocycles. The summed E-state index contributed by atoms with van der Waals surface area (Å²) in [6.45, 7) is 2.58. The number of nitrogens with zero attached hydrogens (tertiary/aromatic N) is 1. The topological polar surface area (TPSA) is 46.6 Å². The third kappa shape index (κ3) is 5.45. The van der Waals surface area contributed by atoms with Gasteiger partial charge in [0.15, 0.2) is 0 Å². The van der Waals surface area contributed by atoms with E-state index in [1.165, 1.54) is 0 Å². The number of unbranched alkanes of at least 4 members (excludes halogenated alkanes) is 3. The Morgan fingerprint density at radius 1 is 0.880 bits per heavy atom. The number of carbonyl (C=O) groups is 2. The second-order valence-electron chi connectivity index (χ2n) is 5.97. The predicted molar refractivity (Wildman–Crippen MR) is 100 cm³/mol. The molecule has 2 aromatic carbocycles. The van der Waals surface area contributed by atoms with Gasteiger partial charge in [-0.15, -0.1) is 0 Å². The van der Waals surface area contributed by atoms with Crippen LogP contribution in [0, 0.1) is 0 Å². The van der Waals surface area contributed by atoms with Gasteiger partial charge in [0.25, 0.3) is 5.91 Å². The van der Waals surface area contributed by atoms with Gasteiger partial charge in [0.05, 0.1) is 12.2 Å². The Hall–Kier alpha value is -2.62. The molecule has 0 saturated heterocycles. The van der Waals surface area contributed by atoms with Crippen LogP contribution in [0.25, 0.3) is 0 Å². The fourth-order valence-electron chi connectivity index (χ4n) is 2.49. The molecular weight excluding hydrogens is 314 g/mol. The zero-order chi connectivity index (χ0) is 18.1. The van der Waals surface area contributed by atoms with E-state index < -0.39 is 0 Å². The average molecular weight is 339 g/mol. The lowest BCUT2D eigenvalue weighted by Crippen LogP contribution is -2.26. The number of anilines is 1. The lowest BCUT2D eigenvalue weighted by atomic mass is 10.1. The Labute approximate surface area is 149 Å². The lowest BCUT2D eigenvalue weighted by Gasteiger charge is -2.17. The normalized spacial score (nSPS) is 10.3. The van der Waals surface area contributed by atoms with Crippen LogP contribution in [-0.2, 0) is 4.74 Å². The molecule has 0 fully saturated rings. The van der Waals surface area contributed by atoms with E-state index in [-0.39, 0.29) is 11.9 Å². The summed E-state index contributed by atoms with van der Waals surface area (Å²) >= 11 is 0. The molecule has 0 saturated carbocycles. The van der Waals surface area contributed by atoms with Crippen molar-refractivity contribution in [2.75, 3.05) is 18.6 Å². The van der Waals surface area contributed by atoms with Crippen LogP contribution in [0.5, 0.6) is 0 Å². The molecule has 4 nitrogen and oxygen atoms in total. The number of benzene rings is 2. The molecule has 0 N–H and O–H groups in total. The van der Waals surface area contributed by atoms with E-state index in [9.17, 15) is 9.59 Å². The van der Waals surface area contributed by atoms with Crippen LogP contribution in [0.1, 0.15) is 53.3 Å². The molecule has 0 aliphatic carbocycles. The molecule has 4 heteroatoms. The molecule has 2 aromatic rings. The predicted octanol–water partition coefficient (Wildman–Crippen LogP) is 4.70. The first kappa shape index (κ1) is 18.7. The van der Waals surface area contributed by atoms with E-state index in [1.807, 2.05) is 30.3 Å². The van der Waals surface area contributed by atoms with E-state index in [4.69, 9.17) is 4.74 Å². The fourth-order valence-corrected chi connectivity index (χ4v) is 2.49. The second kappa shape index (κ2) is 9.62. The average Bonchev–Trinajstić information content (AvgIpc) is 2.67. The number of rotatable bonds is 8. The molecule has 0 radical (unpaired) electrons. The van der Waals surface area contributed by atoms with Crippen LogP contribution >= 0.6 is 0 Å². The molecule has 0 spiro atoms. The minimum Gasteiger partial charge on any atom is -0.462 e. The van der Waals surface area contributed by atoms with Crippen molar-refractivity contribution in [1.29, 1.82) is 0 Å². The Kier molecular flexibility index (Phi) is 7.20. The van der Waals surface area contributed by atoms with Crippen LogP contribution in [0.15, 0.2) is 54.6 Å². The number of carbonyl (C=O) groups excluding carboxylic acids is 2. The highest BCUT2D eigenvalue weighted by molar-refractivity contribution is 6.06. The van der Waals surface area contributed by atoms with Gasteiger partial charge in [0.2, 0.25) is 0 Å². The van der Waals surface area contributed by atoms with Gasteiger partial charge >= 0.3 is 5.97 Å². The summed E-state index contributed by atoms with van der Waals surface area (Å²) in [5, 5.41) is 0. The molecule has 0 aliphatic rings. The quantitative estimate of drug-likeness (QED) is 0.517. The molecule has 0 atom stereocenters. The van der Waals surface area contributed by atoms with Crippen molar-refractivity contribution in [2.45, 2.75) is 32.6 Å². The largest absolute Gasteiger partial charge is 0.462 e. The molecule has 0 heterocycles. The van der Waals surface area contributed by atoms with Crippen molar-refractivity contribution in [3.63, 3.8) is 0 Å². The Morgan fingerprint density at radius 3 is 2.16 bits per heavy atom. The van der Waals surface area contributed by atoms with Crippen molar-refractivity contribution < 1.29 is 14.3 Å². The molecule has 2 rings (SSSR count). The molecular formula is C21H25NO3. The molecule has 0 aliphatic heterocycles. The highest BCUT2D eigenvalue weighted by Crippen LogP contribution is 2.15. The maximum Gasteiger partial charge on any atom is 0.338 e. The van der Waals surface area contributed by atoms with E-state index >= 15 is 0 Å². The van der Waals surface area contributed by atoms with Crippen molar-refractivity contribution in [3.8, 4) is 0 Å². The first-order valence-corrected chi connectivity index (χ1v) is 8.73. The summed E-state index contributed by atoms with van der Waals surface area (Å²) in [5.41, 5.74) is 1.82.